The van der Waals surface area contributed by atoms with Crippen molar-refractivity contribution in [1.29, 1.82) is 0 Å². The van der Waals surface area contributed by atoms with E-state index in [1.807, 2.05) is 25.1 Å². The standard InChI is InChI=1S/C25H24N6O4/c1-17-6-5-7-20(14-17)35-16-24(33)27-22-9-4-3-8-21(22)25-28-30-31(29-25)15-23(32)26-18-10-12-19(34-2)13-11-18/h3-14H,15-16H2,1-2H3,(H,26,32)(H,27,33). The van der Waals surface area contributed by atoms with Gasteiger partial charge in [0, 0.05) is 11.3 Å². The maximum Gasteiger partial charge on any atom is 0.262 e. The number of hydrogen-bond donors (Lipinski definition) is 2. The van der Waals surface area contributed by atoms with E-state index in [-0.39, 0.29) is 30.8 Å². The number of nitrogens with one attached hydrogen (secondary N) is 2. The third kappa shape index (κ3) is 6.41. The molecule has 0 atom stereocenters. The lowest BCUT2D eigenvalue weighted by Gasteiger charge is -2.10. The second-order valence-electron chi connectivity index (χ2n) is 7.62. The van der Waals surface area contributed by atoms with Crippen molar-refractivity contribution >= 4 is 23.2 Å². The minimum absolute atomic E-state index is 0.127. The molecule has 0 saturated carbocycles. The summed E-state index contributed by atoms with van der Waals surface area (Å²) in [6.07, 6.45) is 0. The van der Waals surface area contributed by atoms with Gasteiger partial charge in [-0.2, -0.15) is 4.80 Å². The smallest absolute Gasteiger partial charge is 0.262 e. The van der Waals surface area contributed by atoms with E-state index >= 15 is 0 Å². The van der Waals surface area contributed by atoms with Crippen molar-refractivity contribution in [2.45, 2.75) is 13.5 Å². The fourth-order valence-electron chi connectivity index (χ4n) is 3.25. The molecule has 1 aromatic heterocycles. The molecule has 0 radical (unpaired) electrons. The van der Waals surface area contributed by atoms with Gasteiger partial charge in [-0.25, -0.2) is 0 Å². The first-order chi connectivity index (χ1) is 17.0. The number of ether oxygens (including phenoxy) is 2. The molecule has 0 fully saturated rings. The fourth-order valence-corrected chi connectivity index (χ4v) is 3.25. The molecule has 4 aromatic rings. The zero-order chi connectivity index (χ0) is 24.6. The Hall–Kier alpha value is -4.73. The van der Waals surface area contributed by atoms with Crippen LogP contribution in [0.2, 0.25) is 0 Å². The molecule has 35 heavy (non-hydrogen) atoms. The molecule has 1 heterocycles. The Morgan fingerprint density at radius 1 is 0.914 bits per heavy atom. The number of methoxy groups -OCH3 is 1. The average Bonchev–Trinajstić information content (AvgIpc) is 3.31. The van der Waals surface area contributed by atoms with E-state index in [2.05, 4.69) is 26.0 Å². The number of hydrogen-bond acceptors (Lipinski definition) is 7. The lowest BCUT2D eigenvalue weighted by molar-refractivity contribution is -0.118. The lowest BCUT2D eigenvalue weighted by Crippen LogP contribution is -2.21. The third-order valence-electron chi connectivity index (χ3n) is 4.91. The van der Waals surface area contributed by atoms with Crippen LogP contribution in [-0.4, -0.2) is 45.7 Å². The molecule has 2 amide bonds. The number of para-hydroxylation sites is 1. The van der Waals surface area contributed by atoms with Crippen LogP contribution in [0.25, 0.3) is 11.4 Å². The molecule has 0 spiro atoms. The summed E-state index contributed by atoms with van der Waals surface area (Å²) in [5, 5.41) is 17.9. The molecule has 2 N–H and O–H groups in total. The molecule has 178 valence electrons. The van der Waals surface area contributed by atoms with E-state index in [0.29, 0.717) is 28.4 Å². The van der Waals surface area contributed by atoms with Crippen molar-refractivity contribution in [2.24, 2.45) is 0 Å². The molecular formula is C25H24N6O4. The second kappa shape index (κ2) is 10.9. The van der Waals surface area contributed by atoms with Crippen molar-refractivity contribution < 1.29 is 19.1 Å². The SMILES string of the molecule is COc1ccc(NC(=O)Cn2nnc(-c3ccccc3NC(=O)COc3cccc(C)c3)n2)cc1. The van der Waals surface area contributed by atoms with E-state index in [4.69, 9.17) is 9.47 Å². The van der Waals surface area contributed by atoms with Gasteiger partial charge in [0.1, 0.15) is 18.0 Å². The normalized spacial score (nSPS) is 10.5. The van der Waals surface area contributed by atoms with Crippen molar-refractivity contribution in [1.82, 2.24) is 20.2 Å². The van der Waals surface area contributed by atoms with E-state index in [1.165, 1.54) is 4.80 Å². The van der Waals surface area contributed by atoms with E-state index < -0.39 is 0 Å². The highest BCUT2D eigenvalue weighted by atomic mass is 16.5. The van der Waals surface area contributed by atoms with E-state index in [9.17, 15) is 9.59 Å². The minimum Gasteiger partial charge on any atom is -0.497 e. The minimum atomic E-state index is -0.329. The Morgan fingerprint density at radius 3 is 2.49 bits per heavy atom. The fraction of sp³-hybridized carbons (Fsp3) is 0.160. The number of nitrogens with zero attached hydrogens (tertiary/aromatic N) is 4. The summed E-state index contributed by atoms with van der Waals surface area (Å²) in [4.78, 5) is 26.0. The first kappa shape index (κ1) is 23.4. The van der Waals surface area contributed by atoms with E-state index in [1.54, 1.807) is 61.7 Å². The van der Waals surface area contributed by atoms with Gasteiger partial charge in [0.25, 0.3) is 5.91 Å². The number of amides is 2. The van der Waals surface area contributed by atoms with Crippen LogP contribution in [0.1, 0.15) is 5.56 Å². The molecule has 0 aliphatic carbocycles. The molecule has 0 saturated heterocycles. The summed E-state index contributed by atoms with van der Waals surface area (Å²) >= 11 is 0. The summed E-state index contributed by atoms with van der Waals surface area (Å²) in [6, 6.07) is 21.5. The average molecular weight is 473 g/mol. The van der Waals surface area contributed by atoms with Crippen molar-refractivity contribution in [3.63, 3.8) is 0 Å². The largest absolute Gasteiger partial charge is 0.497 e. The predicted molar refractivity (Wildman–Crippen MR) is 130 cm³/mol. The molecule has 4 rings (SSSR count). The van der Waals surface area contributed by atoms with Gasteiger partial charge in [0.05, 0.1) is 12.8 Å². The van der Waals surface area contributed by atoms with Gasteiger partial charge < -0.3 is 20.1 Å². The Labute approximate surface area is 201 Å². The molecular weight excluding hydrogens is 448 g/mol. The molecule has 0 aliphatic rings. The van der Waals surface area contributed by atoms with Crippen LogP contribution in [-0.2, 0) is 16.1 Å². The summed E-state index contributed by atoms with van der Waals surface area (Å²) in [5.74, 6) is 0.945. The van der Waals surface area contributed by atoms with Crippen molar-refractivity contribution in [3.8, 4) is 22.9 Å². The number of aromatic nitrogens is 4. The molecule has 0 bridgehead atoms. The zero-order valence-electron chi connectivity index (χ0n) is 19.3. The van der Waals surface area contributed by atoms with Crippen LogP contribution in [0, 0.1) is 6.92 Å². The molecule has 10 nitrogen and oxygen atoms in total. The lowest BCUT2D eigenvalue weighted by atomic mass is 10.1. The molecule has 10 heteroatoms. The number of rotatable bonds is 9. The van der Waals surface area contributed by atoms with Gasteiger partial charge in [0.15, 0.2) is 6.61 Å². The number of carbonyl (C=O) groups is 2. The topological polar surface area (TPSA) is 120 Å². The molecule has 3 aromatic carbocycles. The van der Waals surface area contributed by atoms with Gasteiger partial charge in [0.2, 0.25) is 11.7 Å². The zero-order valence-corrected chi connectivity index (χ0v) is 19.3. The quantitative estimate of drug-likeness (QED) is 0.383. The Morgan fingerprint density at radius 2 is 1.71 bits per heavy atom. The van der Waals surface area contributed by atoms with Crippen LogP contribution < -0.4 is 20.1 Å². The highest BCUT2D eigenvalue weighted by molar-refractivity contribution is 5.95. The van der Waals surface area contributed by atoms with Crippen LogP contribution in [0.5, 0.6) is 11.5 Å². The van der Waals surface area contributed by atoms with Crippen molar-refractivity contribution in [3.05, 3.63) is 78.4 Å². The molecule has 0 unspecified atom stereocenters. The van der Waals surface area contributed by atoms with Gasteiger partial charge in [-0.1, -0.05) is 24.3 Å². The van der Waals surface area contributed by atoms with Gasteiger partial charge in [-0.3, -0.25) is 9.59 Å². The van der Waals surface area contributed by atoms with Crippen LogP contribution in [0.3, 0.4) is 0 Å². The van der Waals surface area contributed by atoms with Crippen LogP contribution in [0.15, 0.2) is 72.8 Å². The van der Waals surface area contributed by atoms with Crippen molar-refractivity contribution in [2.75, 3.05) is 24.4 Å². The first-order valence-corrected chi connectivity index (χ1v) is 10.8. The molecule has 0 aliphatic heterocycles. The number of anilines is 2. The highest BCUT2D eigenvalue weighted by Gasteiger charge is 2.15. The number of carbonyl (C=O) groups excluding carboxylic acids is 2. The van der Waals surface area contributed by atoms with Crippen LogP contribution >= 0.6 is 0 Å². The Balaban J connectivity index is 1.37. The maximum absolute atomic E-state index is 12.5. The third-order valence-corrected chi connectivity index (χ3v) is 4.91. The Bertz CT molecular complexity index is 1320. The Kier molecular flexibility index (Phi) is 7.31. The van der Waals surface area contributed by atoms with Gasteiger partial charge >= 0.3 is 0 Å². The van der Waals surface area contributed by atoms with Gasteiger partial charge in [-0.15, -0.1) is 10.2 Å². The number of aryl methyl sites for hydroxylation is 1. The summed E-state index contributed by atoms with van der Waals surface area (Å²) in [5.41, 5.74) is 2.74. The summed E-state index contributed by atoms with van der Waals surface area (Å²) < 4.78 is 10.7. The van der Waals surface area contributed by atoms with Gasteiger partial charge in [-0.05, 0) is 66.2 Å². The van der Waals surface area contributed by atoms with Crippen LogP contribution in [0.4, 0.5) is 11.4 Å². The number of tetrazole rings is 1. The second-order valence-corrected chi connectivity index (χ2v) is 7.62. The summed E-state index contributed by atoms with van der Waals surface area (Å²) in [7, 11) is 1.57. The maximum atomic E-state index is 12.5. The first-order valence-electron chi connectivity index (χ1n) is 10.8. The number of benzene rings is 3. The monoisotopic (exact) mass is 472 g/mol. The highest BCUT2D eigenvalue weighted by Crippen LogP contribution is 2.24. The predicted octanol–water partition coefficient (Wildman–Crippen LogP) is 3.31. The summed E-state index contributed by atoms with van der Waals surface area (Å²) in [6.45, 7) is 1.67. The van der Waals surface area contributed by atoms with E-state index in [0.717, 1.165) is 5.56 Å².